The fourth-order valence-electron chi connectivity index (χ4n) is 1.42. The predicted octanol–water partition coefficient (Wildman–Crippen LogP) is 1.00. The number of anilines is 1. The Kier molecular flexibility index (Phi) is 3.71. The summed E-state index contributed by atoms with van der Waals surface area (Å²) in [4.78, 5) is 0. The van der Waals surface area contributed by atoms with Crippen LogP contribution in [0.1, 0.15) is 11.1 Å². The molecule has 0 radical (unpaired) electrons. The molecule has 3 N–H and O–H groups in total. The fraction of sp³-hybridized carbons (Fsp3) is 0.400. The summed E-state index contributed by atoms with van der Waals surface area (Å²) in [5.41, 5.74) is 7.86. The van der Waals surface area contributed by atoms with E-state index in [-0.39, 0.29) is 12.3 Å². The van der Waals surface area contributed by atoms with E-state index in [1.165, 1.54) is 0 Å². The summed E-state index contributed by atoms with van der Waals surface area (Å²) in [7, 11) is -3.29. The lowest BCUT2D eigenvalue weighted by Gasteiger charge is -2.08. The summed E-state index contributed by atoms with van der Waals surface area (Å²) >= 11 is 0. The van der Waals surface area contributed by atoms with Gasteiger partial charge in [-0.05, 0) is 37.1 Å². The van der Waals surface area contributed by atoms with Crippen LogP contribution in [0, 0.1) is 13.8 Å². The van der Waals surface area contributed by atoms with Crippen LogP contribution in [0.5, 0.6) is 0 Å². The van der Waals surface area contributed by atoms with Gasteiger partial charge in [0.1, 0.15) is 0 Å². The number of rotatable bonds is 4. The van der Waals surface area contributed by atoms with Crippen LogP contribution in [0.3, 0.4) is 0 Å². The van der Waals surface area contributed by atoms with E-state index in [0.29, 0.717) is 5.69 Å². The van der Waals surface area contributed by atoms with Crippen LogP contribution in [0.2, 0.25) is 0 Å². The van der Waals surface area contributed by atoms with Crippen LogP contribution in [-0.2, 0) is 10.0 Å². The molecule has 0 unspecified atom stereocenters. The Bertz CT molecular complexity index is 420. The molecule has 0 aromatic heterocycles. The number of aryl methyl sites for hydroxylation is 2. The van der Waals surface area contributed by atoms with Crippen LogP contribution in [0.25, 0.3) is 0 Å². The van der Waals surface area contributed by atoms with Crippen molar-refractivity contribution < 1.29 is 8.42 Å². The van der Waals surface area contributed by atoms with Gasteiger partial charge in [0.15, 0.2) is 0 Å². The van der Waals surface area contributed by atoms with Crippen molar-refractivity contribution in [2.24, 2.45) is 5.73 Å². The summed E-state index contributed by atoms with van der Waals surface area (Å²) < 4.78 is 25.4. The summed E-state index contributed by atoms with van der Waals surface area (Å²) in [6.45, 7) is 3.97. The van der Waals surface area contributed by atoms with Gasteiger partial charge in [-0.3, -0.25) is 4.72 Å². The highest BCUT2D eigenvalue weighted by Crippen LogP contribution is 2.14. The van der Waals surface area contributed by atoms with Gasteiger partial charge in [-0.1, -0.05) is 6.07 Å². The zero-order valence-electron chi connectivity index (χ0n) is 8.95. The Hall–Kier alpha value is -1.07. The largest absolute Gasteiger partial charge is 0.329 e. The molecule has 0 spiro atoms. The first-order valence-corrected chi connectivity index (χ1v) is 6.37. The minimum atomic E-state index is -3.29. The summed E-state index contributed by atoms with van der Waals surface area (Å²) in [6, 6.07) is 5.57. The SMILES string of the molecule is Cc1cc(C)cc(NS(=O)(=O)CCN)c1. The molecule has 0 heterocycles. The van der Waals surface area contributed by atoms with Crippen molar-refractivity contribution >= 4 is 15.7 Å². The molecule has 5 heteroatoms. The van der Waals surface area contributed by atoms with E-state index in [0.717, 1.165) is 11.1 Å². The maximum Gasteiger partial charge on any atom is 0.233 e. The highest BCUT2D eigenvalue weighted by Gasteiger charge is 2.08. The molecule has 15 heavy (non-hydrogen) atoms. The van der Waals surface area contributed by atoms with Gasteiger partial charge in [0.25, 0.3) is 0 Å². The zero-order chi connectivity index (χ0) is 11.5. The monoisotopic (exact) mass is 228 g/mol. The van der Waals surface area contributed by atoms with E-state index in [4.69, 9.17) is 5.73 Å². The number of sulfonamides is 1. The molecule has 0 fully saturated rings. The second kappa shape index (κ2) is 4.63. The smallest absolute Gasteiger partial charge is 0.233 e. The minimum absolute atomic E-state index is 0.0556. The molecule has 0 aliphatic carbocycles. The Morgan fingerprint density at radius 1 is 1.20 bits per heavy atom. The molecule has 4 nitrogen and oxygen atoms in total. The van der Waals surface area contributed by atoms with Crippen molar-refractivity contribution in [2.45, 2.75) is 13.8 Å². The number of hydrogen-bond acceptors (Lipinski definition) is 3. The first-order chi connectivity index (χ1) is 6.93. The lowest BCUT2D eigenvalue weighted by atomic mass is 10.1. The topological polar surface area (TPSA) is 72.2 Å². The first-order valence-electron chi connectivity index (χ1n) is 4.72. The van der Waals surface area contributed by atoms with E-state index in [1.807, 2.05) is 19.9 Å². The molecule has 0 aliphatic heterocycles. The molecule has 0 amide bonds. The lowest BCUT2D eigenvalue weighted by molar-refractivity contribution is 0.601. The molecule has 84 valence electrons. The standard InChI is InChI=1S/C10H16N2O2S/c1-8-5-9(2)7-10(6-8)12-15(13,14)4-3-11/h5-7,12H,3-4,11H2,1-2H3. The van der Waals surface area contributed by atoms with Crippen molar-refractivity contribution in [3.63, 3.8) is 0 Å². The van der Waals surface area contributed by atoms with Crippen LogP contribution in [0.15, 0.2) is 18.2 Å². The second-order valence-electron chi connectivity index (χ2n) is 3.59. The van der Waals surface area contributed by atoms with Crippen molar-refractivity contribution in [1.82, 2.24) is 0 Å². The van der Waals surface area contributed by atoms with E-state index < -0.39 is 10.0 Å². The predicted molar refractivity (Wildman–Crippen MR) is 62.4 cm³/mol. The molecular formula is C10H16N2O2S. The Labute approximate surface area is 90.5 Å². The van der Waals surface area contributed by atoms with Crippen LogP contribution >= 0.6 is 0 Å². The van der Waals surface area contributed by atoms with E-state index >= 15 is 0 Å². The van der Waals surface area contributed by atoms with Gasteiger partial charge in [-0.2, -0.15) is 0 Å². The molecule has 0 bridgehead atoms. The minimum Gasteiger partial charge on any atom is -0.329 e. The lowest BCUT2D eigenvalue weighted by Crippen LogP contribution is -2.22. The maximum absolute atomic E-state index is 11.4. The third-order valence-electron chi connectivity index (χ3n) is 1.88. The Morgan fingerprint density at radius 3 is 2.20 bits per heavy atom. The summed E-state index contributed by atoms with van der Waals surface area (Å²) in [5, 5.41) is 0. The van der Waals surface area contributed by atoms with Crippen LogP contribution < -0.4 is 10.5 Å². The average Bonchev–Trinajstić information content (AvgIpc) is 1.99. The van der Waals surface area contributed by atoms with E-state index in [2.05, 4.69) is 4.72 Å². The van der Waals surface area contributed by atoms with Crippen LogP contribution in [0.4, 0.5) is 5.69 Å². The Balaban J connectivity index is 2.90. The number of benzene rings is 1. The van der Waals surface area contributed by atoms with Gasteiger partial charge in [0.2, 0.25) is 10.0 Å². The van der Waals surface area contributed by atoms with E-state index in [1.54, 1.807) is 12.1 Å². The average molecular weight is 228 g/mol. The molecule has 1 aromatic carbocycles. The summed E-state index contributed by atoms with van der Waals surface area (Å²) in [6.07, 6.45) is 0. The molecule has 0 saturated carbocycles. The molecule has 0 saturated heterocycles. The highest BCUT2D eigenvalue weighted by atomic mass is 32.2. The molecule has 1 rings (SSSR count). The quantitative estimate of drug-likeness (QED) is 0.807. The van der Waals surface area contributed by atoms with Gasteiger partial charge in [0.05, 0.1) is 5.75 Å². The van der Waals surface area contributed by atoms with Crippen molar-refractivity contribution in [3.8, 4) is 0 Å². The number of nitrogens with one attached hydrogen (secondary N) is 1. The Morgan fingerprint density at radius 2 is 1.73 bits per heavy atom. The fourth-order valence-corrected chi connectivity index (χ4v) is 2.31. The highest BCUT2D eigenvalue weighted by molar-refractivity contribution is 7.92. The maximum atomic E-state index is 11.4. The van der Waals surface area contributed by atoms with Crippen molar-refractivity contribution in [1.29, 1.82) is 0 Å². The van der Waals surface area contributed by atoms with Crippen LogP contribution in [-0.4, -0.2) is 20.7 Å². The molecule has 0 aliphatic rings. The van der Waals surface area contributed by atoms with Gasteiger partial charge in [-0.15, -0.1) is 0 Å². The van der Waals surface area contributed by atoms with E-state index in [9.17, 15) is 8.42 Å². The normalized spacial score (nSPS) is 11.4. The molecular weight excluding hydrogens is 212 g/mol. The third-order valence-corrected chi connectivity index (χ3v) is 3.20. The molecule has 0 atom stereocenters. The third kappa shape index (κ3) is 3.89. The van der Waals surface area contributed by atoms with Crippen molar-refractivity contribution in [3.05, 3.63) is 29.3 Å². The number of hydrogen-bond donors (Lipinski definition) is 2. The van der Waals surface area contributed by atoms with Gasteiger partial charge in [-0.25, -0.2) is 8.42 Å². The van der Waals surface area contributed by atoms with Gasteiger partial charge < -0.3 is 5.73 Å². The molecule has 1 aromatic rings. The van der Waals surface area contributed by atoms with Gasteiger partial charge in [0, 0.05) is 12.2 Å². The van der Waals surface area contributed by atoms with Gasteiger partial charge >= 0.3 is 0 Å². The zero-order valence-corrected chi connectivity index (χ0v) is 9.76. The summed E-state index contributed by atoms with van der Waals surface area (Å²) in [5.74, 6) is -0.0556. The van der Waals surface area contributed by atoms with Crippen molar-refractivity contribution in [2.75, 3.05) is 17.0 Å². The second-order valence-corrected chi connectivity index (χ2v) is 5.43. The first kappa shape index (κ1) is 12.0. The number of nitrogens with two attached hydrogens (primary N) is 1.